The van der Waals surface area contributed by atoms with E-state index in [1.54, 1.807) is 62.4 Å². The number of fused-ring (bicyclic) bond motifs is 2. The number of carboxylic acids is 2. The first-order chi connectivity index (χ1) is 40.8. The van der Waals surface area contributed by atoms with Crippen molar-refractivity contribution in [3.63, 3.8) is 0 Å². The molecule has 0 fully saturated rings. The molecule has 0 bridgehead atoms. The number of nitrogens with zero attached hydrogens (tertiary/aromatic N) is 4. The quantitative estimate of drug-likeness (QED) is 0.0588. The van der Waals surface area contributed by atoms with Gasteiger partial charge in [-0.05, 0) is 158 Å². The summed E-state index contributed by atoms with van der Waals surface area (Å²) >= 11 is 0. The minimum Gasteiger partial charge on any atom is -0.487 e. The van der Waals surface area contributed by atoms with Gasteiger partial charge < -0.3 is 28.5 Å². The predicted octanol–water partition coefficient (Wildman–Crippen LogP) is 12.4. The van der Waals surface area contributed by atoms with Crippen molar-refractivity contribution < 1.29 is 99.8 Å². The molecule has 1 radical (unpaired) electrons. The van der Waals surface area contributed by atoms with Gasteiger partial charge in [-0.1, -0.05) is 43.8 Å². The van der Waals surface area contributed by atoms with Crippen molar-refractivity contribution >= 4 is 61.2 Å². The fourth-order valence-corrected chi connectivity index (χ4v) is 12.0. The molecule has 2 aliphatic heterocycles. The number of hydrogen-bond acceptors (Lipinski definition) is 12. The van der Waals surface area contributed by atoms with Gasteiger partial charge in [0.2, 0.25) is 11.8 Å². The summed E-state index contributed by atoms with van der Waals surface area (Å²) in [5, 5.41) is 19.3. The van der Waals surface area contributed by atoms with Gasteiger partial charge in [-0.3, -0.25) is 8.61 Å². The van der Waals surface area contributed by atoms with Gasteiger partial charge in [-0.15, -0.1) is 30.7 Å². The zero-order valence-corrected chi connectivity index (χ0v) is 50.8. The summed E-state index contributed by atoms with van der Waals surface area (Å²) in [5.41, 5.74) is 1.93. The Kier molecular flexibility index (Phi) is 23.9. The van der Waals surface area contributed by atoms with Gasteiger partial charge in [-0.2, -0.15) is 26.3 Å². The Hall–Kier alpha value is -8.52. The van der Waals surface area contributed by atoms with Crippen molar-refractivity contribution in [3.8, 4) is 70.9 Å². The number of halogens is 6. The monoisotopic (exact) mass is 1320 g/mol. The number of alkyl halides is 6. The van der Waals surface area contributed by atoms with E-state index in [0.717, 1.165) is 32.9 Å². The van der Waals surface area contributed by atoms with Crippen molar-refractivity contribution in [1.82, 2.24) is 9.97 Å². The average Bonchev–Trinajstić information content (AvgIpc) is 2.69. The first kappa shape index (κ1) is 70.2. The summed E-state index contributed by atoms with van der Waals surface area (Å²) in [6.45, 7) is 3.20. The maximum atomic E-state index is 13.4. The van der Waals surface area contributed by atoms with Crippen molar-refractivity contribution in [1.29, 1.82) is 0 Å². The van der Waals surface area contributed by atoms with E-state index in [1.807, 2.05) is 0 Å². The molecule has 2 aromatic heterocycles. The van der Waals surface area contributed by atoms with E-state index in [9.17, 15) is 63.0 Å². The van der Waals surface area contributed by atoms with Crippen LogP contribution >= 0.6 is 17.9 Å². The number of oxazole rings is 2. The molecule has 2 aliphatic rings. The molecule has 0 amide bonds. The van der Waals surface area contributed by atoms with Gasteiger partial charge in [0.25, 0.3) is 20.0 Å². The summed E-state index contributed by atoms with van der Waals surface area (Å²) in [4.78, 5) is 32.1. The Morgan fingerprint density at radius 1 is 0.580 bits per heavy atom. The number of rotatable bonds is 14. The number of sulfonamides is 2. The van der Waals surface area contributed by atoms with Crippen LogP contribution in [0.5, 0.6) is 11.5 Å². The smallest absolute Gasteiger partial charge is 0.416 e. The number of anilines is 2. The summed E-state index contributed by atoms with van der Waals surface area (Å²) in [5.74, 6) is 7.88. The van der Waals surface area contributed by atoms with Gasteiger partial charge in [0.05, 0.1) is 32.3 Å². The van der Waals surface area contributed by atoms with Gasteiger partial charge in [0.1, 0.15) is 59.7 Å². The van der Waals surface area contributed by atoms with Crippen LogP contribution < -0.4 is 18.1 Å². The molecule has 2 N–H and O–H groups in total. The molecule has 0 spiro atoms. The first-order valence-corrected chi connectivity index (χ1v) is 30.5. The second-order valence-corrected chi connectivity index (χ2v) is 21.9. The third-order valence-corrected chi connectivity index (χ3v) is 16.5. The number of aryl methyl sites for hydroxylation is 2. The van der Waals surface area contributed by atoms with E-state index in [0.29, 0.717) is 68.0 Å². The molecule has 0 saturated carbocycles. The van der Waals surface area contributed by atoms with Crippen LogP contribution in [0.3, 0.4) is 0 Å². The normalized spacial score (nSPS) is 13.8. The van der Waals surface area contributed by atoms with Crippen LogP contribution in [-0.2, 0) is 86.6 Å². The van der Waals surface area contributed by atoms with Crippen molar-refractivity contribution in [2.75, 3.05) is 8.61 Å². The molecule has 88 heavy (non-hydrogen) atoms. The predicted molar refractivity (Wildman–Crippen MR) is 319 cm³/mol. The SMILES string of the molecule is C.C#CC#CC#C.Cc1oc(-c2ccc(C(F)(F)F)cc2)nc1COc1ccc(S(=O)(=O)N2c3ccccc3C[C@@H]2C(=O)O)cc1.Cc1oc(-c2ccc(C(F)(F)F)cc2)nc1COc1ccc(S(=O)(=O)N2c3ccccc3C[C@@H]2C(=O)O)cc1.PP.[V]. The Balaban J connectivity index is 0.000000280. The molecule has 0 aliphatic carbocycles. The van der Waals surface area contributed by atoms with Crippen LogP contribution in [0.2, 0.25) is 0 Å². The van der Waals surface area contributed by atoms with Crippen molar-refractivity contribution in [2.45, 2.75) is 81.6 Å². The molecular weight excluding hydrogens is 1270 g/mol. The largest absolute Gasteiger partial charge is 0.487 e. The molecule has 10 rings (SSSR count). The van der Waals surface area contributed by atoms with E-state index in [2.05, 4.69) is 51.5 Å². The van der Waals surface area contributed by atoms with Gasteiger partial charge in [-0.25, -0.2) is 36.4 Å². The number of hydrogen-bond donors (Lipinski definition) is 2. The number of aromatic nitrogens is 2. The Morgan fingerprint density at radius 3 is 1.19 bits per heavy atom. The third-order valence-electron chi connectivity index (χ3n) is 12.8. The number of carbonyl (C=O) groups is 2. The van der Waals surface area contributed by atoms with E-state index >= 15 is 0 Å². The second-order valence-electron chi connectivity index (χ2n) is 18.2. The third kappa shape index (κ3) is 16.4. The van der Waals surface area contributed by atoms with Crippen LogP contribution in [0.4, 0.5) is 37.7 Å². The van der Waals surface area contributed by atoms with E-state index in [4.69, 9.17) is 31.2 Å². The van der Waals surface area contributed by atoms with E-state index in [1.165, 1.54) is 72.8 Å². The van der Waals surface area contributed by atoms with E-state index < -0.39 is 67.5 Å². The maximum Gasteiger partial charge on any atom is 0.416 e. The Labute approximate surface area is 520 Å². The molecule has 6 aromatic carbocycles. The summed E-state index contributed by atoms with van der Waals surface area (Å²) in [7, 11) is -3.69. The molecule has 16 nitrogen and oxygen atoms in total. The second kappa shape index (κ2) is 29.9. The van der Waals surface area contributed by atoms with Gasteiger partial charge >= 0.3 is 24.3 Å². The topological polar surface area (TPSA) is 220 Å². The Bertz CT molecular complexity index is 3880. The van der Waals surface area contributed by atoms with Crippen LogP contribution in [0.1, 0.15) is 52.6 Å². The zero-order chi connectivity index (χ0) is 62.7. The molecular formula is C61H52F6N4O12P2S2V. The number of terminal acetylenes is 2. The van der Waals surface area contributed by atoms with Crippen LogP contribution in [0.25, 0.3) is 22.9 Å². The number of aliphatic carboxylic acids is 2. The molecule has 27 heteroatoms. The van der Waals surface area contributed by atoms with Crippen LogP contribution in [0.15, 0.2) is 164 Å². The molecule has 4 atom stereocenters. The summed E-state index contributed by atoms with van der Waals surface area (Å²) in [6, 6.07) is 30.7. The molecule has 0 saturated heterocycles. The summed E-state index contributed by atoms with van der Waals surface area (Å²) in [6.07, 6.45) is 0.628. The van der Waals surface area contributed by atoms with Crippen LogP contribution in [0, 0.1) is 50.4 Å². The molecule has 8 aromatic rings. The number of benzene rings is 6. The molecule has 2 unspecified atom stereocenters. The van der Waals surface area contributed by atoms with E-state index in [-0.39, 0.29) is 73.6 Å². The summed E-state index contributed by atoms with van der Waals surface area (Å²) < 4.78 is 155. The zero-order valence-electron chi connectivity index (χ0n) is 45.4. The molecule has 4 heterocycles. The maximum absolute atomic E-state index is 13.4. The first-order valence-electron chi connectivity index (χ1n) is 25.0. The standard InChI is InChI=1S/2C27H21F3N2O6S.C6H2.CH4.H4P2.V/c2*1-16-22(31-25(38-16)17-6-8-19(9-7-17)27(28,29)30)15-37-20-10-12-21(13-11-20)39(35,36)32-23-5-3-2-4-18(23)14-24(32)26(33)34;1-3-5-6-4-2;;1-2;/h2*2-13,24H,14-15H2,1H3,(H,33,34);1-2H;1H4;1-2H2;/t2*24-;;;;/m11..../s1. The number of carboxylic acid groups (broad SMARTS) is 2. The van der Waals surface area contributed by atoms with Gasteiger partial charge in [0.15, 0.2) is 0 Å². The van der Waals surface area contributed by atoms with Crippen LogP contribution in [-0.4, -0.2) is 61.0 Å². The fraction of sp³-hybridized carbons (Fsp3) is 0.180. The minimum atomic E-state index is -4.45. The minimum absolute atomic E-state index is 0. The van der Waals surface area contributed by atoms with Gasteiger partial charge in [0, 0.05) is 42.5 Å². The Morgan fingerprint density at radius 2 is 0.898 bits per heavy atom. The van der Waals surface area contributed by atoms with Crippen molar-refractivity contribution in [2.24, 2.45) is 0 Å². The number of ether oxygens (including phenoxy) is 2. The van der Waals surface area contributed by atoms with Crippen molar-refractivity contribution in [3.05, 3.63) is 191 Å². The fourth-order valence-electron chi connectivity index (χ4n) is 8.68. The average molecular weight is 1320 g/mol. The number of para-hydroxylation sites is 2. The molecule has 457 valence electrons.